The summed E-state index contributed by atoms with van der Waals surface area (Å²) in [6.07, 6.45) is 3.13. The third-order valence-electron chi connectivity index (χ3n) is 3.23. The van der Waals surface area contributed by atoms with E-state index in [-0.39, 0.29) is 5.41 Å². The Labute approximate surface area is 110 Å². The molecule has 4 nitrogen and oxygen atoms in total. The monoisotopic (exact) mass is 248 g/mol. The topological polar surface area (TPSA) is 41.1 Å². The summed E-state index contributed by atoms with van der Waals surface area (Å²) in [5, 5.41) is 11.6. The van der Waals surface area contributed by atoms with Crippen molar-refractivity contribution in [1.82, 2.24) is 10.2 Å². The molecule has 1 aliphatic heterocycles. The summed E-state index contributed by atoms with van der Waals surface area (Å²) < 4.78 is 0. The molecule has 4 heteroatoms. The highest BCUT2D eigenvalue weighted by molar-refractivity contribution is 5.52. The van der Waals surface area contributed by atoms with Crippen LogP contribution in [0.3, 0.4) is 0 Å². The molecule has 1 atom stereocenters. The molecule has 2 rings (SSSR count). The molecule has 1 aromatic heterocycles. The maximum atomic E-state index is 4.15. The number of anilines is 2. The van der Waals surface area contributed by atoms with Gasteiger partial charge >= 0.3 is 0 Å². The fourth-order valence-corrected chi connectivity index (χ4v) is 2.14. The van der Waals surface area contributed by atoms with Crippen LogP contribution < -0.4 is 10.2 Å². The molecule has 1 aliphatic rings. The molecule has 0 aliphatic carbocycles. The Hall–Kier alpha value is -1.32. The zero-order valence-corrected chi connectivity index (χ0v) is 11.9. The lowest BCUT2D eigenvalue weighted by molar-refractivity contribution is 0.442. The van der Waals surface area contributed by atoms with Gasteiger partial charge in [0.2, 0.25) is 0 Å². The smallest absolute Gasteiger partial charge is 0.150 e. The second-order valence-corrected chi connectivity index (χ2v) is 6.55. The van der Waals surface area contributed by atoms with Crippen LogP contribution in [0.15, 0.2) is 12.3 Å². The minimum absolute atomic E-state index is 0.250. The van der Waals surface area contributed by atoms with Gasteiger partial charge in [-0.2, -0.15) is 5.10 Å². The maximum Gasteiger partial charge on any atom is 0.150 e. The van der Waals surface area contributed by atoms with E-state index in [9.17, 15) is 0 Å². The lowest BCUT2D eigenvalue weighted by atomic mass is 9.97. The van der Waals surface area contributed by atoms with Crippen LogP contribution in [0.4, 0.5) is 11.5 Å². The predicted molar refractivity (Wildman–Crippen MR) is 76.0 cm³/mol. The first-order valence-corrected chi connectivity index (χ1v) is 6.75. The Morgan fingerprint density at radius 3 is 2.83 bits per heavy atom. The zero-order chi connectivity index (χ0) is 13.2. The van der Waals surface area contributed by atoms with Crippen LogP contribution in [0.25, 0.3) is 0 Å². The van der Waals surface area contributed by atoms with Crippen molar-refractivity contribution in [1.29, 1.82) is 0 Å². The highest BCUT2D eigenvalue weighted by Crippen LogP contribution is 2.24. The van der Waals surface area contributed by atoms with Crippen molar-refractivity contribution in [3.05, 3.63) is 12.3 Å². The average Bonchev–Trinajstić information content (AvgIpc) is 2.73. The Balaban J connectivity index is 2.01. The van der Waals surface area contributed by atoms with Gasteiger partial charge in [-0.15, -0.1) is 5.10 Å². The lowest BCUT2D eigenvalue weighted by Crippen LogP contribution is -2.22. The van der Waals surface area contributed by atoms with E-state index in [0.717, 1.165) is 31.4 Å². The van der Waals surface area contributed by atoms with Crippen LogP contribution >= 0.6 is 0 Å². The molecule has 1 fully saturated rings. The molecule has 1 saturated heterocycles. The number of hydrogen-bond donors (Lipinski definition) is 1. The Bertz CT molecular complexity index is 397. The van der Waals surface area contributed by atoms with E-state index in [1.54, 1.807) is 0 Å². The van der Waals surface area contributed by atoms with Gasteiger partial charge in [-0.25, -0.2) is 0 Å². The van der Waals surface area contributed by atoms with Gasteiger partial charge in [-0.1, -0.05) is 27.7 Å². The quantitative estimate of drug-likeness (QED) is 0.893. The summed E-state index contributed by atoms with van der Waals surface area (Å²) in [5.74, 6) is 1.66. The number of nitrogens with zero attached hydrogens (tertiary/aromatic N) is 3. The number of aromatic nitrogens is 2. The van der Waals surface area contributed by atoms with E-state index in [4.69, 9.17) is 0 Å². The number of nitrogens with one attached hydrogen (secondary N) is 1. The van der Waals surface area contributed by atoms with E-state index in [2.05, 4.69) is 54.2 Å². The van der Waals surface area contributed by atoms with Crippen molar-refractivity contribution in [2.45, 2.75) is 34.1 Å². The van der Waals surface area contributed by atoms with E-state index >= 15 is 0 Å². The Morgan fingerprint density at radius 2 is 2.22 bits per heavy atom. The largest absolute Gasteiger partial charge is 0.370 e. The van der Waals surface area contributed by atoms with Gasteiger partial charge in [0.05, 0.1) is 11.9 Å². The third kappa shape index (κ3) is 3.59. The fourth-order valence-electron chi connectivity index (χ4n) is 2.14. The molecule has 0 spiro atoms. The highest BCUT2D eigenvalue weighted by atomic mass is 15.2. The van der Waals surface area contributed by atoms with Crippen LogP contribution in [-0.2, 0) is 0 Å². The Morgan fingerprint density at radius 1 is 1.44 bits per heavy atom. The zero-order valence-electron chi connectivity index (χ0n) is 11.9. The molecule has 0 radical (unpaired) electrons. The molecule has 0 amide bonds. The summed E-state index contributed by atoms with van der Waals surface area (Å²) in [5.41, 5.74) is 1.44. The SMILES string of the molecule is C[C@@H]1CCN(c2cnnc(NCC(C)(C)C)c2)C1. The summed E-state index contributed by atoms with van der Waals surface area (Å²) in [4.78, 5) is 2.39. The summed E-state index contributed by atoms with van der Waals surface area (Å²) >= 11 is 0. The van der Waals surface area contributed by atoms with Crippen molar-refractivity contribution < 1.29 is 0 Å². The van der Waals surface area contributed by atoms with Gasteiger partial charge < -0.3 is 10.2 Å². The maximum absolute atomic E-state index is 4.15. The highest BCUT2D eigenvalue weighted by Gasteiger charge is 2.19. The molecule has 100 valence electrons. The molecule has 0 unspecified atom stereocenters. The van der Waals surface area contributed by atoms with Crippen LogP contribution in [0.2, 0.25) is 0 Å². The number of hydrogen-bond acceptors (Lipinski definition) is 4. The summed E-state index contributed by atoms with van der Waals surface area (Å²) in [6, 6.07) is 2.11. The minimum Gasteiger partial charge on any atom is -0.370 e. The van der Waals surface area contributed by atoms with Crippen LogP contribution in [0, 0.1) is 11.3 Å². The van der Waals surface area contributed by atoms with E-state index in [0.29, 0.717) is 0 Å². The van der Waals surface area contributed by atoms with E-state index in [1.165, 1.54) is 12.1 Å². The summed E-state index contributed by atoms with van der Waals surface area (Å²) in [6.45, 7) is 12.1. The lowest BCUT2D eigenvalue weighted by Gasteiger charge is -2.21. The summed E-state index contributed by atoms with van der Waals surface area (Å²) in [7, 11) is 0. The predicted octanol–water partition coefficient (Wildman–Crippen LogP) is 2.78. The normalized spacial score (nSPS) is 20.2. The molecule has 0 saturated carbocycles. The number of rotatable bonds is 3. The van der Waals surface area contributed by atoms with Gasteiger partial charge in [0.1, 0.15) is 0 Å². The Kier molecular flexibility index (Phi) is 3.73. The molecule has 18 heavy (non-hydrogen) atoms. The average molecular weight is 248 g/mol. The van der Waals surface area contributed by atoms with Crippen molar-refractivity contribution in [3.63, 3.8) is 0 Å². The molecule has 0 bridgehead atoms. The second-order valence-electron chi connectivity index (χ2n) is 6.55. The molecule has 0 aromatic carbocycles. The molecular formula is C14H24N4. The van der Waals surface area contributed by atoms with Crippen LogP contribution in [0.1, 0.15) is 34.1 Å². The van der Waals surface area contributed by atoms with Gasteiger partial charge in [-0.05, 0) is 17.8 Å². The second kappa shape index (κ2) is 5.12. The van der Waals surface area contributed by atoms with Crippen molar-refractivity contribution >= 4 is 11.5 Å². The molecule has 2 heterocycles. The standard InChI is InChI=1S/C14H24N4/c1-11-5-6-18(9-11)12-7-13(17-16-8-12)15-10-14(2,3)4/h7-8,11H,5-6,9-10H2,1-4H3,(H,15,17)/t11-/m1/s1. The molecular weight excluding hydrogens is 224 g/mol. The molecule has 1 N–H and O–H groups in total. The first kappa shape index (κ1) is 13.1. The van der Waals surface area contributed by atoms with Gasteiger partial charge in [0.15, 0.2) is 5.82 Å². The van der Waals surface area contributed by atoms with E-state index in [1.807, 2.05) is 6.20 Å². The minimum atomic E-state index is 0.250. The van der Waals surface area contributed by atoms with Crippen LogP contribution in [0.5, 0.6) is 0 Å². The fraction of sp³-hybridized carbons (Fsp3) is 0.714. The van der Waals surface area contributed by atoms with Crippen LogP contribution in [-0.4, -0.2) is 29.8 Å². The van der Waals surface area contributed by atoms with Gasteiger partial charge in [-0.3, -0.25) is 0 Å². The van der Waals surface area contributed by atoms with Gasteiger partial charge in [0.25, 0.3) is 0 Å². The van der Waals surface area contributed by atoms with E-state index < -0.39 is 0 Å². The first-order valence-electron chi connectivity index (χ1n) is 6.75. The van der Waals surface area contributed by atoms with Crippen molar-refractivity contribution in [2.75, 3.05) is 29.9 Å². The molecule has 1 aromatic rings. The van der Waals surface area contributed by atoms with Crippen molar-refractivity contribution in [2.24, 2.45) is 11.3 Å². The third-order valence-corrected chi connectivity index (χ3v) is 3.23. The first-order chi connectivity index (χ1) is 8.44. The van der Waals surface area contributed by atoms with Crippen molar-refractivity contribution in [3.8, 4) is 0 Å². The van der Waals surface area contributed by atoms with Gasteiger partial charge in [0, 0.05) is 25.7 Å².